The van der Waals surface area contributed by atoms with E-state index in [2.05, 4.69) is 0 Å². The van der Waals surface area contributed by atoms with Crippen molar-refractivity contribution in [3.05, 3.63) is 29.0 Å². The number of nitrogens with zero attached hydrogens (tertiary/aromatic N) is 1. The van der Waals surface area contributed by atoms with Gasteiger partial charge < -0.3 is 4.90 Å². The molecule has 0 unspecified atom stereocenters. The molecular weight excluding hydrogens is 212 g/mol. The molecule has 0 saturated heterocycles. The van der Waals surface area contributed by atoms with Crippen LogP contribution in [0.1, 0.15) is 0 Å². The molecule has 0 aliphatic heterocycles. The van der Waals surface area contributed by atoms with E-state index in [1.807, 2.05) is 11.9 Å². The Bertz CT molecular complexity index is 291. The Morgan fingerprint density at radius 2 is 2.15 bits per heavy atom. The third-order valence-corrected chi connectivity index (χ3v) is 2.22. The minimum atomic E-state index is -0.398. The van der Waals surface area contributed by atoms with Crippen molar-refractivity contribution in [2.45, 2.75) is 0 Å². The van der Waals surface area contributed by atoms with Crippen LogP contribution in [0.2, 0.25) is 5.02 Å². The van der Waals surface area contributed by atoms with E-state index < -0.39 is 5.82 Å². The molecule has 1 aromatic rings. The first-order chi connectivity index (χ1) is 6.15. The van der Waals surface area contributed by atoms with Crippen LogP contribution in [0, 0.1) is 5.82 Å². The summed E-state index contributed by atoms with van der Waals surface area (Å²) in [4.78, 5) is 1.92. The molecule has 0 aliphatic carbocycles. The molecule has 1 nitrogen and oxygen atoms in total. The van der Waals surface area contributed by atoms with Crippen LogP contribution in [-0.4, -0.2) is 19.5 Å². The minimum Gasteiger partial charge on any atom is -0.373 e. The number of alkyl halides is 1. The number of halogens is 3. The summed E-state index contributed by atoms with van der Waals surface area (Å²) in [6, 6.07) is 4.61. The van der Waals surface area contributed by atoms with Crippen LogP contribution in [0.3, 0.4) is 0 Å². The quantitative estimate of drug-likeness (QED) is 0.710. The second kappa shape index (κ2) is 4.68. The van der Waals surface area contributed by atoms with Crippen molar-refractivity contribution in [3.8, 4) is 0 Å². The molecule has 0 atom stereocenters. The van der Waals surface area contributed by atoms with E-state index >= 15 is 0 Å². The van der Waals surface area contributed by atoms with Crippen LogP contribution < -0.4 is 4.90 Å². The summed E-state index contributed by atoms with van der Waals surface area (Å²) in [5.41, 5.74) is 0.868. The number of anilines is 1. The Hall–Kier alpha value is -0.470. The van der Waals surface area contributed by atoms with Gasteiger partial charge in [-0.1, -0.05) is 11.6 Å². The molecule has 4 heteroatoms. The predicted octanol–water partition coefficient (Wildman–Crippen LogP) is 3.15. The van der Waals surface area contributed by atoms with Crippen LogP contribution in [-0.2, 0) is 0 Å². The lowest BCUT2D eigenvalue weighted by Crippen LogP contribution is -2.19. The Morgan fingerprint density at radius 3 is 2.69 bits per heavy atom. The van der Waals surface area contributed by atoms with Gasteiger partial charge in [0.2, 0.25) is 0 Å². The molecule has 0 aromatic heterocycles. The van der Waals surface area contributed by atoms with E-state index in [0.29, 0.717) is 12.4 Å². The lowest BCUT2D eigenvalue weighted by Gasteiger charge is -2.17. The molecule has 0 saturated carbocycles. The van der Waals surface area contributed by atoms with Crippen molar-refractivity contribution in [1.29, 1.82) is 0 Å². The molecule has 0 fully saturated rings. The molecule has 1 rings (SSSR count). The summed E-state index contributed by atoms with van der Waals surface area (Å²) in [7, 11) is 1.88. The third-order valence-electron chi connectivity index (χ3n) is 1.76. The fraction of sp³-hybridized carbons (Fsp3) is 0.333. The van der Waals surface area contributed by atoms with Crippen LogP contribution in [0.5, 0.6) is 0 Å². The van der Waals surface area contributed by atoms with Crippen molar-refractivity contribution in [2.24, 2.45) is 0 Å². The van der Waals surface area contributed by atoms with E-state index in [1.165, 1.54) is 6.07 Å². The second-order valence-electron chi connectivity index (χ2n) is 2.71. The highest BCUT2D eigenvalue weighted by atomic mass is 35.5. The summed E-state index contributed by atoms with van der Waals surface area (Å²) >= 11 is 11.2. The van der Waals surface area contributed by atoms with Gasteiger partial charge in [0.05, 0.1) is 5.02 Å². The number of benzene rings is 1. The van der Waals surface area contributed by atoms with Crippen molar-refractivity contribution in [3.63, 3.8) is 0 Å². The Morgan fingerprint density at radius 1 is 1.46 bits per heavy atom. The minimum absolute atomic E-state index is 0.138. The summed E-state index contributed by atoms with van der Waals surface area (Å²) in [5, 5.41) is 0.138. The highest BCUT2D eigenvalue weighted by molar-refractivity contribution is 6.31. The average Bonchev–Trinajstić information content (AvgIpc) is 2.10. The first kappa shape index (κ1) is 10.6. The zero-order valence-electron chi connectivity index (χ0n) is 7.23. The number of hydrogen-bond acceptors (Lipinski definition) is 1. The third kappa shape index (κ3) is 2.75. The van der Waals surface area contributed by atoms with Gasteiger partial charge in [-0.25, -0.2) is 4.39 Å². The highest BCUT2D eigenvalue weighted by Crippen LogP contribution is 2.21. The van der Waals surface area contributed by atoms with Gasteiger partial charge in [-0.05, 0) is 18.2 Å². The van der Waals surface area contributed by atoms with Crippen LogP contribution in [0.15, 0.2) is 18.2 Å². The van der Waals surface area contributed by atoms with Gasteiger partial charge in [-0.2, -0.15) is 0 Å². The second-order valence-corrected chi connectivity index (χ2v) is 3.49. The lowest BCUT2D eigenvalue weighted by molar-refractivity contribution is 0.628. The molecule has 0 radical (unpaired) electrons. The van der Waals surface area contributed by atoms with Crippen LogP contribution in [0.25, 0.3) is 0 Å². The molecular formula is C9H10Cl2FN. The zero-order chi connectivity index (χ0) is 9.84. The van der Waals surface area contributed by atoms with Crippen molar-refractivity contribution in [1.82, 2.24) is 0 Å². The molecule has 13 heavy (non-hydrogen) atoms. The van der Waals surface area contributed by atoms with Gasteiger partial charge in [-0.15, -0.1) is 11.6 Å². The molecule has 0 N–H and O–H groups in total. The Balaban J connectivity index is 2.84. The van der Waals surface area contributed by atoms with Crippen LogP contribution in [0.4, 0.5) is 10.1 Å². The zero-order valence-corrected chi connectivity index (χ0v) is 8.74. The molecule has 0 bridgehead atoms. The monoisotopic (exact) mass is 221 g/mol. The Kier molecular flexibility index (Phi) is 3.82. The maximum atomic E-state index is 12.8. The largest absolute Gasteiger partial charge is 0.373 e. The first-order valence-electron chi connectivity index (χ1n) is 3.87. The standard InChI is InChI=1S/C9H10Cl2FN/c1-13(5-4-10)7-2-3-9(12)8(11)6-7/h2-3,6H,4-5H2,1H3. The normalized spacial score (nSPS) is 10.2. The molecule has 0 amide bonds. The number of rotatable bonds is 3. The highest BCUT2D eigenvalue weighted by Gasteiger charge is 2.03. The summed E-state index contributed by atoms with van der Waals surface area (Å²) < 4.78 is 12.8. The van der Waals surface area contributed by atoms with E-state index in [9.17, 15) is 4.39 Å². The van der Waals surface area contributed by atoms with E-state index in [0.717, 1.165) is 5.69 Å². The molecule has 0 heterocycles. The van der Waals surface area contributed by atoms with Gasteiger partial charge in [0, 0.05) is 25.2 Å². The first-order valence-corrected chi connectivity index (χ1v) is 4.78. The SMILES string of the molecule is CN(CCCl)c1ccc(F)c(Cl)c1. The van der Waals surface area contributed by atoms with Crippen molar-refractivity contribution >= 4 is 28.9 Å². The molecule has 0 aliphatic rings. The maximum absolute atomic E-state index is 12.8. The summed E-state index contributed by atoms with van der Waals surface area (Å²) in [6.45, 7) is 0.712. The van der Waals surface area contributed by atoms with Gasteiger partial charge in [0.1, 0.15) is 5.82 Å². The van der Waals surface area contributed by atoms with Crippen molar-refractivity contribution < 1.29 is 4.39 Å². The van der Waals surface area contributed by atoms with E-state index in [1.54, 1.807) is 12.1 Å². The number of hydrogen-bond donors (Lipinski definition) is 0. The van der Waals surface area contributed by atoms with Crippen molar-refractivity contribution in [2.75, 3.05) is 24.4 Å². The van der Waals surface area contributed by atoms with Gasteiger partial charge >= 0.3 is 0 Å². The van der Waals surface area contributed by atoms with E-state index in [-0.39, 0.29) is 5.02 Å². The predicted molar refractivity (Wildman–Crippen MR) is 55.4 cm³/mol. The fourth-order valence-corrected chi connectivity index (χ4v) is 1.41. The topological polar surface area (TPSA) is 3.24 Å². The summed E-state index contributed by atoms with van der Waals surface area (Å²) in [5.74, 6) is 0.135. The molecule has 0 spiro atoms. The van der Waals surface area contributed by atoms with Gasteiger partial charge in [0.25, 0.3) is 0 Å². The molecule has 72 valence electrons. The Labute approximate surface area is 87.1 Å². The maximum Gasteiger partial charge on any atom is 0.141 e. The smallest absolute Gasteiger partial charge is 0.141 e. The average molecular weight is 222 g/mol. The van der Waals surface area contributed by atoms with Gasteiger partial charge in [0.15, 0.2) is 0 Å². The van der Waals surface area contributed by atoms with Crippen LogP contribution >= 0.6 is 23.2 Å². The summed E-state index contributed by atoms with van der Waals surface area (Å²) in [6.07, 6.45) is 0. The van der Waals surface area contributed by atoms with Gasteiger partial charge in [-0.3, -0.25) is 0 Å². The lowest BCUT2D eigenvalue weighted by atomic mass is 10.3. The van der Waals surface area contributed by atoms with E-state index in [4.69, 9.17) is 23.2 Å². The fourth-order valence-electron chi connectivity index (χ4n) is 0.978. The molecule has 1 aromatic carbocycles.